The van der Waals surface area contributed by atoms with Crippen LogP contribution in [0.4, 0.5) is 10.1 Å². The van der Waals surface area contributed by atoms with Crippen molar-refractivity contribution in [1.82, 2.24) is 0 Å². The van der Waals surface area contributed by atoms with Crippen LogP contribution in [0.2, 0.25) is 0 Å². The molecular weight excluding hydrogens is 321 g/mol. The first-order valence-corrected chi connectivity index (χ1v) is 8.38. The fraction of sp³-hybridized carbons (Fsp3) is 0.300. The summed E-state index contributed by atoms with van der Waals surface area (Å²) in [5.41, 5.74) is 3.86. The summed E-state index contributed by atoms with van der Waals surface area (Å²) < 4.78 is 18.3. The first kappa shape index (κ1) is 17.1. The van der Waals surface area contributed by atoms with E-state index >= 15 is 0 Å². The molecule has 0 aromatic heterocycles. The smallest absolute Gasteiger partial charge is 0.311 e. The highest BCUT2D eigenvalue weighted by Gasteiger charge is 2.19. The summed E-state index contributed by atoms with van der Waals surface area (Å²) in [5.74, 6) is -1.40. The number of halogens is 1. The van der Waals surface area contributed by atoms with Crippen LogP contribution in [0.15, 0.2) is 42.5 Å². The molecule has 3 rings (SSSR count). The van der Waals surface area contributed by atoms with E-state index in [1.807, 2.05) is 12.1 Å². The summed E-state index contributed by atoms with van der Waals surface area (Å²) in [7, 11) is 0. The van der Waals surface area contributed by atoms with E-state index in [-0.39, 0.29) is 6.42 Å². The maximum Gasteiger partial charge on any atom is 0.311 e. The van der Waals surface area contributed by atoms with E-state index < -0.39 is 23.8 Å². The average molecular weight is 341 g/mol. The third kappa shape index (κ3) is 4.44. The zero-order chi connectivity index (χ0) is 17.8. The van der Waals surface area contributed by atoms with Crippen LogP contribution in [-0.2, 0) is 33.6 Å². The predicted octanol–water partition coefficient (Wildman–Crippen LogP) is 3.43. The van der Waals surface area contributed by atoms with Gasteiger partial charge < -0.3 is 10.1 Å². The largest absolute Gasteiger partial charge is 0.452 e. The number of aryl methyl sites for hydroxylation is 2. The Morgan fingerprint density at radius 2 is 1.96 bits per heavy atom. The molecule has 0 heterocycles. The minimum Gasteiger partial charge on any atom is -0.452 e. The maximum atomic E-state index is 13.1. The molecule has 1 N–H and O–H groups in total. The number of carbonyl (C=O) groups is 2. The van der Waals surface area contributed by atoms with Crippen LogP contribution in [0.25, 0.3) is 0 Å². The summed E-state index contributed by atoms with van der Waals surface area (Å²) >= 11 is 0. The lowest BCUT2D eigenvalue weighted by molar-refractivity contribution is -0.152. The lowest BCUT2D eigenvalue weighted by Crippen LogP contribution is -2.30. The van der Waals surface area contributed by atoms with Gasteiger partial charge in [0.25, 0.3) is 5.91 Å². The lowest BCUT2D eigenvalue weighted by atomic mass is 10.0. The van der Waals surface area contributed by atoms with Gasteiger partial charge in [-0.15, -0.1) is 0 Å². The summed E-state index contributed by atoms with van der Waals surface area (Å²) in [5, 5.41) is 2.53. The van der Waals surface area contributed by atoms with Gasteiger partial charge in [-0.05, 0) is 61.1 Å². The van der Waals surface area contributed by atoms with Crippen molar-refractivity contribution in [2.75, 3.05) is 5.32 Å². The molecule has 1 amide bonds. The van der Waals surface area contributed by atoms with Crippen molar-refractivity contribution in [3.8, 4) is 0 Å². The minimum atomic E-state index is -0.954. The summed E-state index contributed by atoms with van der Waals surface area (Å²) in [6.07, 6.45) is 2.47. The van der Waals surface area contributed by atoms with Crippen LogP contribution >= 0.6 is 0 Å². The second-order valence-corrected chi connectivity index (χ2v) is 6.27. The number of hydrogen-bond acceptors (Lipinski definition) is 3. The molecule has 0 saturated heterocycles. The van der Waals surface area contributed by atoms with E-state index in [1.54, 1.807) is 6.07 Å². The standard InChI is InChI=1S/C20H20FNO3/c1-13(20(24)22-18-7-3-6-17(21)12-18)25-19(23)11-14-8-9-15-4-2-5-16(15)10-14/h3,6-10,12-13H,2,4-5,11H2,1H3,(H,22,24)/t13-/m1/s1. The van der Waals surface area contributed by atoms with E-state index in [0.717, 1.165) is 24.8 Å². The number of ether oxygens (including phenoxy) is 1. The predicted molar refractivity (Wildman–Crippen MR) is 92.8 cm³/mol. The SMILES string of the molecule is C[C@@H](OC(=O)Cc1ccc2c(c1)CCC2)C(=O)Nc1cccc(F)c1. The molecule has 0 spiro atoms. The van der Waals surface area contributed by atoms with Gasteiger partial charge in [-0.25, -0.2) is 4.39 Å². The van der Waals surface area contributed by atoms with Gasteiger partial charge in [0.2, 0.25) is 0 Å². The van der Waals surface area contributed by atoms with Crippen molar-refractivity contribution in [2.45, 2.75) is 38.7 Å². The number of carbonyl (C=O) groups excluding carboxylic acids is 2. The number of amides is 1. The Balaban J connectivity index is 1.54. The topological polar surface area (TPSA) is 55.4 Å². The third-order valence-electron chi connectivity index (χ3n) is 4.28. The molecule has 2 aromatic carbocycles. The van der Waals surface area contributed by atoms with Gasteiger partial charge in [0.05, 0.1) is 6.42 Å². The monoisotopic (exact) mass is 341 g/mol. The second kappa shape index (κ2) is 7.47. The highest BCUT2D eigenvalue weighted by molar-refractivity contribution is 5.95. The number of fused-ring (bicyclic) bond motifs is 1. The highest BCUT2D eigenvalue weighted by atomic mass is 19.1. The van der Waals surface area contributed by atoms with Gasteiger partial charge in [0.1, 0.15) is 5.82 Å². The molecule has 0 aliphatic heterocycles. The minimum absolute atomic E-state index is 0.130. The molecule has 1 aliphatic carbocycles. The summed E-state index contributed by atoms with van der Waals surface area (Å²) in [6.45, 7) is 1.50. The Hall–Kier alpha value is -2.69. The molecule has 0 bridgehead atoms. The van der Waals surface area contributed by atoms with Gasteiger partial charge >= 0.3 is 5.97 Å². The number of hydrogen-bond donors (Lipinski definition) is 1. The molecule has 130 valence electrons. The molecule has 0 saturated carbocycles. The van der Waals surface area contributed by atoms with Crippen LogP contribution in [0.3, 0.4) is 0 Å². The summed E-state index contributed by atoms with van der Waals surface area (Å²) in [6, 6.07) is 11.6. The van der Waals surface area contributed by atoms with E-state index in [0.29, 0.717) is 5.69 Å². The number of esters is 1. The molecular formula is C20H20FNO3. The third-order valence-corrected chi connectivity index (χ3v) is 4.28. The zero-order valence-corrected chi connectivity index (χ0v) is 14.0. The normalized spacial score (nSPS) is 13.8. The fourth-order valence-electron chi connectivity index (χ4n) is 3.00. The van der Waals surface area contributed by atoms with E-state index in [4.69, 9.17) is 4.74 Å². The van der Waals surface area contributed by atoms with Crippen molar-refractivity contribution in [2.24, 2.45) is 0 Å². The van der Waals surface area contributed by atoms with E-state index in [2.05, 4.69) is 11.4 Å². The van der Waals surface area contributed by atoms with Crippen molar-refractivity contribution in [1.29, 1.82) is 0 Å². The number of rotatable bonds is 5. The van der Waals surface area contributed by atoms with Crippen molar-refractivity contribution < 1.29 is 18.7 Å². The summed E-state index contributed by atoms with van der Waals surface area (Å²) in [4.78, 5) is 24.1. The quantitative estimate of drug-likeness (QED) is 0.848. The van der Waals surface area contributed by atoms with Crippen molar-refractivity contribution in [3.63, 3.8) is 0 Å². The number of anilines is 1. The molecule has 1 aliphatic rings. The number of benzene rings is 2. The van der Waals surface area contributed by atoms with Crippen molar-refractivity contribution >= 4 is 17.6 Å². The Morgan fingerprint density at radius 3 is 2.76 bits per heavy atom. The van der Waals surface area contributed by atoms with Crippen LogP contribution in [0.1, 0.15) is 30.0 Å². The molecule has 25 heavy (non-hydrogen) atoms. The Kier molecular flexibility index (Phi) is 5.12. The van der Waals surface area contributed by atoms with Crippen molar-refractivity contribution in [3.05, 3.63) is 65.0 Å². The molecule has 5 heteroatoms. The highest BCUT2D eigenvalue weighted by Crippen LogP contribution is 2.23. The average Bonchev–Trinajstić information content (AvgIpc) is 3.02. The molecule has 0 unspecified atom stereocenters. The second-order valence-electron chi connectivity index (χ2n) is 6.27. The lowest BCUT2D eigenvalue weighted by Gasteiger charge is -2.14. The molecule has 2 aromatic rings. The Morgan fingerprint density at radius 1 is 1.16 bits per heavy atom. The Labute approximate surface area is 146 Å². The maximum absolute atomic E-state index is 13.1. The van der Waals surface area contributed by atoms with Crippen LogP contribution < -0.4 is 5.32 Å². The fourth-order valence-corrected chi connectivity index (χ4v) is 3.00. The first-order chi connectivity index (χ1) is 12.0. The van der Waals surface area contributed by atoms with Gasteiger partial charge in [-0.3, -0.25) is 9.59 Å². The Bertz CT molecular complexity index is 803. The van der Waals surface area contributed by atoms with Crippen LogP contribution in [-0.4, -0.2) is 18.0 Å². The number of nitrogens with one attached hydrogen (secondary N) is 1. The van der Waals surface area contributed by atoms with Gasteiger partial charge in [0, 0.05) is 5.69 Å². The van der Waals surface area contributed by atoms with Gasteiger partial charge in [-0.2, -0.15) is 0 Å². The molecule has 0 fully saturated rings. The van der Waals surface area contributed by atoms with Crippen LogP contribution in [0.5, 0.6) is 0 Å². The molecule has 1 atom stereocenters. The van der Waals surface area contributed by atoms with E-state index in [1.165, 1.54) is 36.2 Å². The molecule has 0 radical (unpaired) electrons. The van der Waals surface area contributed by atoms with Gasteiger partial charge in [-0.1, -0.05) is 24.3 Å². The molecule has 4 nitrogen and oxygen atoms in total. The first-order valence-electron chi connectivity index (χ1n) is 8.38. The van der Waals surface area contributed by atoms with Gasteiger partial charge in [0.15, 0.2) is 6.10 Å². The zero-order valence-electron chi connectivity index (χ0n) is 14.0. The van der Waals surface area contributed by atoms with E-state index in [9.17, 15) is 14.0 Å². The van der Waals surface area contributed by atoms with Crippen LogP contribution in [0, 0.1) is 5.82 Å².